The molecule has 2 aromatic carbocycles. The molecule has 0 unspecified atom stereocenters. The summed E-state index contributed by atoms with van der Waals surface area (Å²) >= 11 is 5.96. The molecule has 0 aliphatic carbocycles. The number of nitrogens with one attached hydrogen (secondary N) is 1. The van der Waals surface area contributed by atoms with Gasteiger partial charge in [0.1, 0.15) is 17.5 Å². The summed E-state index contributed by atoms with van der Waals surface area (Å²) in [6.07, 6.45) is 1.50. The summed E-state index contributed by atoms with van der Waals surface area (Å²) in [6.45, 7) is 3.83. The molecule has 28 heavy (non-hydrogen) atoms. The second-order valence-electron chi connectivity index (χ2n) is 6.24. The Morgan fingerprint density at radius 2 is 1.86 bits per heavy atom. The molecule has 0 spiro atoms. The molecule has 0 bridgehead atoms. The second kappa shape index (κ2) is 8.12. The molecule has 0 aliphatic heterocycles. The van der Waals surface area contributed by atoms with Crippen molar-refractivity contribution in [2.75, 3.05) is 5.32 Å². The number of carbonyl (C=O) groups is 1. The molecule has 1 aromatic heterocycles. The van der Waals surface area contributed by atoms with Crippen LogP contribution in [0.1, 0.15) is 17.0 Å². The van der Waals surface area contributed by atoms with Crippen molar-refractivity contribution in [1.29, 1.82) is 5.26 Å². The van der Waals surface area contributed by atoms with Gasteiger partial charge in [-0.3, -0.25) is 4.79 Å². The number of benzene rings is 2. The summed E-state index contributed by atoms with van der Waals surface area (Å²) in [7, 11) is 0. The van der Waals surface area contributed by atoms with Crippen LogP contribution in [0.2, 0.25) is 5.02 Å². The summed E-state index contributed by atoms with van der Waals surface area (Å²) in [6, 6.07) is 17.0. The van der Waals surface area contributed by atoms with Gasteiger partial charge in [-0.25, -0.2) is 4.39 Å². The molecule has 0 aliphatic rings. The van der Waals surface area contributed by atoms with E-state index in [2.05, 4.69) is 5.32 Å². The Balaban J connectivity index is 1.94. The predicted octanol–water partition coefficient (Wildman–Crippen LogP) is 5.43. The van der Waals surface area contributed by atoms with E-state index in [4.69, 9.17) is 11.6 Å². The fourth-order valence-corrected chi connectivity index (χ4v) is 3.10. The van der Waals surface area contributed by atoms with Crippen LogP contribution in [0.15, 0.2) is 60.2 Å². The first-order chi connectivity index (χ1) is 13.4. The fraction of sp³-hybridized carbons (Fsp3) is 0.0909. The summed E-state index contributed by atoms with van der Waals surface area (Å²) in [5.74, 6) is -1.22. The topological polar surface area (TPSA) is 57.8 Å². The van der Waals surface area contributed by atoms with E-state index in [0.717, 1.165) is 22.6 Å². The van der Waals surface area contributed by atoms with Gasteiger partial charge in [0, 0.05) is 22.1 Å². The molecule has 140 valence electrons. The molecule has 4 nitrogen and oxygen atoms in total. The zero-order valence-corrected chi connectivity index (χ0v) is 16.1. The summed E-state index contributed by atoms with van der Waals surface area (Å²) in [4.78, 5) is 12.4. The third-order valence-electron chi connectivity index (χ3n) is 4.34. The minimum absolute atomic E-state index is 0.0280. The van der Waals surface area contributed by atoms with Crippen molar-refractivity contribution < 1.29 is 9.18 Å². The Kier molecular flexibility index (Phi) is 5.62. The lowest BCUT2D eigenvalue weighted by atomic mass is 10.1. The van der Waals surface area contributed by atoms with Crippen LogP contribution in [0.5, 0.6) is 0 Å². The SMILES string of the molecule is Cc1cc(/C=C(\C#N)C(=O)Nc2ccccc2F)c(C)n1-c1ccc(Cl)cc1. The van der Waals surface area contributed by atoms with Crippen molar-refractivity contribution in [3.8, 4) is 11.8 Å². The van der Waals surface area contributed by atoms with Crippen molar-refractivity contribution in [2.24, 2.45) is 0 Å². The van der Waals surface area contributed by atoms with Gasteiger partial charge in [0.25, 0.3) is 5.91 Å². The Morgan fingerprint density at radius 3 is 2.50 bits per heavy atom. The third kappa shape index (κ3) is 3.98. The highest BCUT2D eigenvalue weighted by Crippen LogP contribution is 2.24. The maximum absolute atomic E-state index is 13.8. The number of aryl methyl sites for hydroxylation is 1. The largest absolute Gasteiger partial charge is 0.319 e. The lowest BCUT2D eigenvalue weighted by molar-refractivity contribution is -0.112. The van der Waals surface area contributed by atoms with E-state index in [1.165, 1.54) is 24.3 Å². The highest BCUT2D eigenvalue weighted by atomic mass is 35.5. The van der Waals surface area contributed by atoms with Gasteiger partial charge in [0.05, 0.1) is 5.69 Å². The van der Waals surface area contributed by atoms with Crippen molar-refractivity contribution in [2.45, 2.75) is 13.8 Å². The molecule has 0 saturated carbocycles. The standard InChI is InChI=1S/C22H17ClFN3O/c1-14-11-16(15(2)27(14)19-9-7-18(23)8-10-19)12-17(13-25)22(28)26-21-6-4-3-5-20(21)24/h3-12H,1-2H3,(H,26,28)/b17-12+. The van der Waals surface area contributed by atoms with Crippen LogP contribution in [-0.4, -0.2) is 10.5 Å². The number of para-hydroxylation sites is 1. The van der Waals surface area contributed by atoms with E-state index in [1.807, 2.05) is 42.7 Å². The third-order valence-corrected chi connectivity index (χ3v) is 4.59. The predicted molar refractivity (Wildman–Crippen MR) is 109 cm³/mol. The normalized spacial score (nSPS) is 11.2. The van der Waals surface area contributed by atoms with Gasteiger partial charge in [0.15, 0.2) is 0 Å². The van der Waals surface area contributed by atoms with Crippen molar-refractivity contribution >= 4 is 29.3 Å². The van der Waals surface area contributed by atoms with Crippen LogP contribution < -0.4 is 5.32 Å². The van der Waals surface area contributed by atoms with Gasteiger partial charge < -0.3 is 9.88 Å². The molecule has 0 atom stereocenters. The minimum atomic E-state index is -0.663. The average molecular weight is 394 g/mol. The zero-order valence-electron chi connectivity index (χ0n) is 15.3. The highest BCUT2D eigenvalue weighted by molar-refractivity contribution is 6.30. The number of aromatic nitrogens is 1. The van der Waals surface area contributed by atoms with Crippen molar-refractivity contribution in [3.63, 3.8) is 0 Å². The summed E-state index contributed by atoms with van der Waals surface area (Å²) in [5.41, 5.74) is 3.38. The molecular formula is C22H17ClFN3O. The quantitative estimate of drug-likeness (QED) is 0.474. The molecular weight excluding hydrogens is 377 g/mol. The second-order valence-corrected chi connectivity index (χ2v) is 6.68. The monoisotopic (exact) mass is 393 g/mol. The number of carbonyl (C=O) groups excluding carboxylic acids is 1. The van der Waals surface area contributed by atoms with Gasteiger partial charge in [-0.05, 0) is 68.0 Å². The molecule has 1 heterocycles. The van der Waals surface area contributed by atoms with Crippen LogP contribution in [0.25, 0.3) is 11.8 Å². The van der Waals surface area contributed by atoms with Crippen molar-refractivity contribution in [3.05, 3.63) is 88.0 Å². The molecule has 0 radical (unpaired) electrons. The number of amides is 1. The van der Waals surface area contributed by atoms with Crippen LogP contribution >= 0.6 is 11.6 Å². The Labute approximate surface area is 167 Å². The van der Waals surface area contributed by atoms with E-state index in [1.54, 1.807) is 18.2 Å². The molecule has 1 amide bonds. The van der Waals surface area contributed by atoms with Gasteiger partial charge in [-0.1, -0.05) is 23.7 Å². The number of nitrogens with zero attached hydrogens (tertiary/aromatic N) is 2. The molecule has 3 rings (SSSR count). The summed E-state index contributed by atoms with van der Waals surface area (Å²) in [5, 5.41) is 12.5. The Hall–Kier alpha value is -3.36. The van der Waals surface area contributed by atoms with Gasteiger partial charge in [0.2, 0.25) is 0 Å². The van der Waals surface area contributed by atoms with Gasteiger partial charge >= 0.3 is 0 Å². The van der Waals surface area contributed by atoms with E-state index in [-0.39, 0.29) is 11.3 Å². The Morgan fingerprint density at radius 1 is 1.18 bits per heavy atom. The van der Waals surface area contributed by atoms with E-state index < -0.39 is 11.7 Å². The maximum Gasteiger partial charge on any atom is 0.266 e. The maximum atomic E-state index is 13.8. The van der Waals surface area contributed by atoms with Crippen LogP contribution in [0.3, 0.4) is 0 Å². The molecule has 0 saturated heterocycles. The number of rotatable bonds is 4. The number of nitriles is 1. The van der Waals surface area contributed by atoms with E-state index in [9.17, 15) is 14.4 Å². The zero-order chi connectivity index (χ0) is 20.3. The number of hydrogen-bond donors (Lipinski definition) is 1. The Bertz CT molecular complexity index is 1110. The first-order valence-corrected chi connectivity index (χ1v) is 8.91. The number of halogens is 2. The highest BCUT2D eigenvalue weighted by Gasteiger charge is 2.15. The first-order valence-electron chi connectivity index (χ1n) is 8.53. The molecule has 1 N–H and O–H groups in total. The lowest BCUT2D eigenvalue weighted by Gasteiger charge is -2.09. The molecule has 6 heteroatoms. The summed E-state index contributed by atoms with van der Waals surface area (Å²) < 4.78 is 15.8. The fourth-order valence-electron chi connectivity index (χ4n) is 2.98. The molecule has 3 aromatic rings. The van der Waals surface area contributed by atoms with E-state index >= 15 is 0 Å². The first kappa shape index (κ1) is 19.4. The van der Waals surface area contributed by atoms with Crippen molar-refractivity contribution in [1.82, 2.24) is 4.57 Å². The van der Waals surface area contributed by atoms with Crippen LogP contribution in [-0.2, 0) is 4.79 Å². The van der Waals surface area contributed by atoms with Crippen LogP contribution in [0.4, 0.5) is 10.1 Å². The van der Waals surface area contributed by atoms with Crippen LogP contribution in [0, 0.1) is 31.0 Å². The lowest BCUT2D eigenvalue weighted by Crippen LogP contribution is -2.14. The van der Waals surface area contributed by atoms with Gasteiger partial charge in [-0.15, -0.1) is 0 Å². The average Bonchev–Trinajstić information content (AvgIpc) is 2.95. The number of anilines is 1. The smallest absolute Gasteiger partial charge is 0.266 e. The number of hydrogen-bond acceptors (Lipinski definition) is 2. The van der Waals surface area contributed by atoms with Gasteiger partial charge in [-0.2, -0.15) is 5.26 Å². The van der Waals surface area contributed by atoms with E-state index in [0.29, 0.717) is 5.02 Å². The minimum Gasteiger partial charge on any atom is -0.319 e. The molecule has 0 fully saturated rings.